The lowest BCUT2D eigenvalue weighted by Crippen LogP contribution is -2.03. The average molecular weight is 1190 g/mol. The Balaban J connectivity index is 0.000000138. The zero-order valence-electron chi connectivity index (χ0n) is 52.5. The lowest BCUT2D eigenvalue weighted by atomic mass is 9.84. The van der Waals surface area contributed by atoms with Crippen molar-refractivity contribution in [3.63, 3.8) is 0 Å². The molecule has 1 aliphatic carbocycles. The smallest absolute Gasteiger partial charge is 0.0702 e. The summed E-state index contributed by atoms with van der Waals surface area (Å²) in [5.41, 5.74) is 28.8. The van der Waals surface area contributed by atoms with E-state index in [4.69, 9.17) is 10.7 Å². The molecule has 3 aromatic heterocycles. The summed E-state index contributed by atoms with van der Waals surface area (Å²) in [5, 5.41) is 17.8. The summed E-state index contributed by atoms with van der Waals surface area (Å²) >= 11 is 0. The van der Waals surface area contributed by atoms with Gasteiger partial charge in [0.05, 0.1) is 11.0 Å². The molecule has 16 aromatic rings. The molecule has 0 fully saturated rings. The second-order valence-electron chi connectivity index (χ2n) is 24.2. The minimum atomic E-state index is 0.804. The molecule has 0 radical (unpaired) electrons. The highest BCUT2D eigenvalue weighted by atomic mass is 14.7. The number of allylic oxidation sites excluding steroid dienone is 7. The maximum Gasteiger partial charge on any atom is 0.0702 e. The molecular formula is C89H68N4. The Bertz CT molecular complexity index is 5650. The van der Waals surface area contributed by atoms with Crippen molar-refractivity contribution < 1.29 is 0 Å². The molecule has 0 saturated heterocycles. The third-order valence-electron chi connectivity index (χ3n) is 18.7. The normalized spacial score (nSPS) is 12.5. The molecule has 1 aliphatic rings. The van der Waals surface area contributed by atoms with E-state index < -0.39 is 0 Å². The minimum absolute atomic E-state index is 0.804. The Kier molecular flexibility index (Phi) is 15.5. The number of nitrogens with zero attached hydrogens (tertiary/aromatic N) is 3. The second kappa shape index (κ2) is 25.0. The second-order valence-corrected chi connectivity index (χ2v) is 24.2. The molecule has 0 saturated carbocycles. The van der Waals surface area contributed by atoms with Gasteiger partial charge >= 0.3 is 0 Å². The van der Waals surface area contributed by atoms with Gasteiger partial charge in [-0.05, 0) is 201 Å². The van der Waals surface area contributed by atoms with Crippen molar-refractivity contribution in [2.24, 2.45) is 0 Å². The number of para-hydroxylation sites is 1. The topological polar surface area (TPSA) is 64.7 Å². The van der Waals surface area contributed by atoms with E-state index in [1.165, 1.54) is 143 Å². The number of fused-ring (bicyclic) bond motifs is 3. The van der Waals surface area contributed by atoms with Crippen LogP contribution in [0, 0.1) is 0 Å². The van der Waals surface area contributed by atoms with Crippen LogP contribution < -0.4 is 5.73 Å². The zero-order valence-corrected chi connectivity index (χ0v) is 52.5. The van der Waals surface area contributed by atoms with E-state index in [0.29, 0.717) is 0 Å². The molecule has 0 aliphatic heterocycles. The summed E-state index contributed by atoms with van der Waals surface area (Å²) in [5.74, 6) is 0. The molecule has 0 bridgehead atoms. The minimum Gasteiger partial charge on any atom is -0.398 e. The highest BCUT2D eigenvalue weighted by Gasteiger charge is 2.21. The van der Waals surface area contributed by atoms with Gasteiger partial charge in [0, 0.05) is 57.4 Å². The summed E-state index contributed by atoms with van der Waals surface area (Å²) < 4.78 is 0. The van der Waals surface area contributed by atoms with Crippen LogP contribution in [-0.4, -0.2) is 15.0 Å². The van der Waals surface area contributed by atoms with Gasteiger partial charge in [-0.2, -0.15) is 0 Å². The third-order valence-corrected chi connectivity index (χ3v) is 18.7. The number of hydrogen-bond donors (Lipinski definition) is 1. The number of pyridine rings is 3. The van der Waals surface area contributed by atoms with Crippen LogP contribution in [0.2, 0.25) is 0 Å². The number of rotatable bonds is 10. The van der Waals surface area contributed by atoms with Crippen molar-refractivity contribution in [1.82, 2.24) is 15.0 Å². The van der Waals surface area contributed by atoms with Crippen LogP contribution >= 0.6 is 0 Å². The number of aromatic nitrogens is 3. The van der Waals surface area contributed by atoms with Crippen LogP contribution in [0.5, 0.6) is 0 Å². The molecule has 0 spiro atoms. The van der Waals surface area contributed by atoms with Crippen molar-refractivity contribution in [1.29, 1.82) is 0 Å². The van der Waals surface area contributed by atoms with Gasteiger partial charge in [-0.25, -0.2) is 0 Å². The van der Waals surface area contributed by atoms with Crippen LogP contribution in [0.15, 0.2) is 304 Å². The molecule has 2 N–H and O–H groups in total. The van der Waals surface area contributed by atoms with E-state index in [1.807, 2.05) is 55.9 Å². The standard InChI is InChI=1S/C41H30N2.C40H26N2.C8H12/c1-2-3-8-35-33(9-6-10-38(35)42)34-21-17-29-18-22-36-32(20-16-28-19-23-37(34)41(29)40(28)36)27-14-12-26(13-15-27)31-24-30-7-4-5-11-39(30)43-25-31;1-5-32(34-6-3-23-42-38(34)7-1)33-18-13-28-14-19-35-31(17-12-27-15-20-36(33)40(28)39(27)35)26-10-8-25(9-11-26)29-16-21-37-30(24-29)4-2-22-41-37;1-4-6-7-8(3)5-2/h3-25H,2,42H2,1H3;2-6,8-24H,1,7H2;4-7H,1H2,2-3H3/b8-3-;;7-6-,8-5+. The number of nitrogen functional groups attached to an aromatic ring is 1. The summed E-state index contributed by atoms with van der Waals surface area (Å²) in [6.45, 7) is 9.78. The van der Waals surface area contributed by atoms with E-state index >= 15 is 0 Å². The van der Waals surface area contributed by atoms with Gasteiger partial charge in [0.25, 0.3) is 0 Å². The number of benzene rings is 13. The molecule has 444 valence electrons. The number of hydrogen-bond acceptors (Lipinski definition) is 4. The predicted molar refractivity (Wildman–Crippen MR) is 400 cm³/mol. The monoisotopic (exact) mass is 1190 g/mol. The summed E-state index contributed by atoms with van der Waals surface area (Å²) in [6, 6.07) is 86.0. The van der Waals surface area contributed by atoms with E-state index in [-0.39, 0.29) is 0 Å². The SMILES string of the molecule is C1=C(c2ccc3ccc4c(-c5ccc(-c6ccc7ncccc7c6)cc5)ccc5ccc2c3c54)c2cccnc2CC1.C=C/C=C\C(C)=C\C.CC/C=C\c1c(N)cccc1-c1ccc2ccc3c(-c4ccc(-c5cnc6ccccc6c5)cc4)ccc4ccc1c2c43. The molecule has 0 atom stereocenters. The molecule has 3 heterocycles. The summed E-state index contributed by atoms with van der Waals surface area (Å²) in [4.78, 5) is 13.8. The predicted octanol–water partition coefficient (Wildman–Crippen LogP) is 24.1. The van der Waals surface area contributed by atoms with Crippen LogP contribution in [0.1, 0.15) is 56.0 Å². The van der Waals surface area contributed by atoms with Crippen LogP contribution in [-0.2, 0) is 6.42 Å². The van der Waals surface area contributed by atoms with Crippen LogP contribution in [0.3, 0.4) is 0 Å². The first kappa shape index (κ1) is 57.8. The largest absolute Gasteiger partial charge is 0.398 e. The van der Waals surface area contributed by atoms with Gasteiger partial charge in [-0.1, -0.05) is 256 Å². The molecule has 13 aromatic carbocycles. The Hall–Kier alpha value is -11.6. The van der Waals surface area contributed by atoms with Crippen LogP contribution in [0.4, 0.5) is 5.69 Å². The van der Waals surface area contributed by atoms with Gasteiger partial charge in [-0.3, -0.25) is 15.0 Å². The fourth-order valence-corrected chi connectivity index (χ4v) is 13.9. The Morgan fingerprint density at radius 3 is 1.59 bits per heavy atom. The van der Waals surface area contributed by atoms with Gasteiger partial charge in [0.15, 0.2) is 0 Å². The highest BCUT2D eigenvalue weighted by Crippen LogP contribution is 2.46. The van der Waals surface area contributed by atoms with Crippen LogP contribution in [0.25, 0.3) is 154 Å². The van der Waals surface area contributed by atoms with Gasteiger partial charge < -0.3 is 5.73 Å². The number of nitrogens with two attached hydrogens (primary N) is 1. The van der Waals surface area contributed by atoms with Gasteiger partial charge in [0.1, 0.15) is 0 Å². The molecular weight excluding hydrogens is 1130 g/mol. The fourth-order valence-electron chi connectivity index (χ4n) is 13.9. The molecule has 0 unspecified atom stereocenters. The third kappa shape index (κ3) is 10.9. The zero-order chi connectivity index (χ0) is 62.9. The van der Waals surface area contributed by atoms with Crippen molar-refractivity contribution >= 4 is 104 Å². The first-order valence-corrected chi connectivity index (χ1v) is 32.3. The fraction of sp³-hybridized carbons (Fsp3) is 0.0674. The van der Waals surface area contributed by atoms with Crippen molar-refractivity contribution in [2.75, 3.05) is 5.73 Å². The molecule has 0 amide bonds. The molecule has 17 rings (SSSR count). The Morgan fingerprint density at radius 1 is 0.452 bits per heavy atom. The quantitative estimate of drug-likeness (QED) is 0.0842. The van der Waals surface area contributed by atoms with Crippen molar-refractivity contribution in [2.45, 2.75) is 40.0 Å². The lowest BCUT2D eigenvalue weighted by molar-refractivity contribution is 0.921. The Morgan fingerprint density at radius 2 is 0.957 bits per heavy atom. The van der Waals surface area contributed by atoms with Gasteiger partial charge in [0.2, 0.25) is 0 Å². The van der Waals surface area contributed by atoms with E-state index in [9.17, 15) is 0 Å². The van der Waals surface area contributed by atoms with E-state index in [0.717, 1.165) is 57.9 Å². The van der Waals surface area contributed by atoms with Gasteiger partial charge in [-0.15, -0.1) is 0 Å². The maximum atomic E-state index is 6.49. The van der Waals surface area contributed by atoms with Crippen molar-refractivity contribution in [3.05, 3.63) is 326 Å². The van der Waals surface area contributed by atoms with E-state index in [2.05, 4.69) is 273 Å². The Labute approximate surface area is 543 Å². The molecule has 4 nitrogen and oxygen atoms in total. The lowest BCUT2D eigenvalue weighted by Gasteiger charge is -2.21. The van der Waals surface area contributed by atoms with Crippen molar-refractivity contribution in [3.8, 4) is 55.6 Å². The molecule has 93 heavy (non-hydrogen) atoms. The number of anilines is 1. The summed E-state index contributed by atoms with van der Waals surface area (Å²) in [6.07, 6.45) is 23.2. The maximum absolute atomic E-state index is 6.49. The first-order chi connectivity index (χ1) is 45.8. The summed E-state index contributed by atoms with van der Waals surface area (Å²) in [7, 11) is 0. The molecule has 4 heteroatoms. The average Bonchev–Trinajstić information content (AvgIpc) is 0.770. The van der Waals surface area contributed by atoms with E-state index in [1.54, 1.807) is 6.08 Å². The first-order valence-electron chi connectivity index (χ1n) is 32.3. The highest BCUT2D eigenvalue weighted by molar-refractivity contribution is 6.29. The number of aryl methyl sites for hydroxylation is 1.